The van der Waals surface area contributed by atoms with Gasteiger partial charge in [0.2, 0.25) is 0 Å². The molecule has 15 heavy (non-hydrogen) atoms. The molecule has 0 N–H and O–H groups in total. The van der Waals surface area contributed by atoms with Crippen LogP contribution in [0.15, 0.2) is 18.2 Å². The number of benzene rings is 1. The predicted molar refractivity (Wildman–Crippen MR) is 63.0 cm³/mol. The van der Waals surface area contributed by atoms with Crippen LogP contribution in [0.3, 0.4) is 0 Å². The van der Waals surface area contributed by atoms with Gasteiger partial charge in [0.15, 0.2) is 5.78 Å². The molecule has 0 saturated heterocycles. The molecule has 82 valence electrons. The van der Waals surface area contributed by atoms with E-state index in [1.54, 1.807) is 13.0 Å². The molecule has 0 aromatic heterocycles. The van der Waals surface area contributed by atoms with Crippen LogP contribution in [0.2, 0.25) is 0 Å². The van der Waals surface area contributed by atoms with Gasteiger partial charge < -0.3 is 0 Å². The first-order valence-corrected chi connectivity index (χ1v) is 5.79. The smallest absolute Gasteiger partial charge is 0.176 e. The van der Waals surface area contributed by atoms with Gasteiger partial charge in [0.25, 0.3) is 0 Å². The molecule has 0 aliphatic carbocycles. The normalized spacial score (nSPS) is 12.9. The van der Waals surface area contributed by atoms with Crippen molar-refractivity contribution in [3.63, 3.8) is 0 Å². The van der Waals surface area contributed by atoms with Crippen molar-refractivity contribution >= 4 is 21.7 Å². The third-order valence-electron chi connectivity index (χ3n) is 2.28. The number of hydrogen-bond donors (Lipinski definition) is 0. The summed E-state index contributed by atoms with van der Waals surface area (Å²) in [7, 11) is 0. The summed E-state index contributed by atoms with van der Waals surface area (Å²) in [6, 6.07) is 4.46. The lowest BCUT2D eigenvalue weighted by molar-refractivity contribution is 0.0978. The van der Waals surface area contributed by atoms with E-state index in [0.717, 1.165) is 0 Å². The van der Waals surface area contributed by atoms with Crippen LogP contribution in [-0.2, 0) is 0 Å². The quantitative estimate of drug-likeness (QED) is 0.605. The van der Waals surface area contributed by atoms with E-state index in [9.17, 15) is 9.18 Å². The minimum absolute atomic E-state index is 0.00750. The highest BCUT2D eigenvalue weighted by atomic mass is 79.9. The third-order valence-corrected chi connectivity index (χ3v) is 3.75. The standard InChI is InChI=1S/C12H14BrFO/c1-7(2)11(13)12(15)9-4-5-10(14)8(3)6-9/h4-7,11H,1-3H3. The van der Waals surface area contributed by atoms with Crippen molar-refractivity contribution in [1.29, 1.82) is 0 Å². The van der Waals surface area contributed by atoms with E-state index in [1.807, 2.05) is 13.8 Å². The van der Waals surface area contributed by atoms with E-state index in [1.165, 1.54) is 12.1 Å². The molecular weight excluding hydrogens is 259 g/mol. The maximum Gasteiger partial charge on any atom is 0.176 e. The van der Waals surface area contributed by atoms with Gasteiger partial charge in [0.1, 0.15) is 5.82 Å². The van der Waals surface area contributed by atoms with Crippen molar-refractivity contribution in [3.05, 3.63) is 35.1 Å². The molecule has 1 rings (SSSR count). The van der Waals surface area contributed by atoms with E-state index in [-0.39, 0.29) is 22.3 Å². The Hall–Kier alpha value is -0.700. The molecule has 1 atom stereocenters. The van der Waals surface area contributed by atoms with Crippen LogP contribution >= 0.6 is 15.9 Å². The van der Waals surface area contributed by atoms with Gasteiger partial charge in [-0.25, -0.2) is 4.39 Å². The largest absolute Gasteiger partial charge is 0.293 e. The van der Waals surface area contributed by atoms with E-state index >= 15 is 0 Å². The Morgan fingerprint density at radius 1 is 1.40 bits per heavy atom. The lowest BCUT2D eigenvalue weighted by Gasteiger charge is -2.12. The highest BCUT2D eigenvalue weighted by molar-refractivity contribution is 9.10. The van der Waals surface area contributed by atoms with E-state index in [0.29, 0.717) is 11.1 Å². The van der Waals surface area contributed by atoms with E-state index < -0.39 is 0 Å². The van der Waals surface area contributed by atoms with Gasteiger partial charge in [-0.15, -0.1) is 0 Å². The predicted octanol–water partition coefficient (Wildman–Crippen LogP) is 3.74. The van der Waals surface area contributed by atoms with Crippen LogP contribution in [0.25, 0.3) is 0 Å². The Kier molecular flexibility index (Phi) is 4.03. The zero-order valence-corrected chi connectivity index (χ0v) is 10.6. The van der Waals surface area contributed by atoms with Crippen molar-refractivity contribution in [2.75, 3.05) is 0 Å². The van der Waals surface area contributed by atoms with Crippen molar-refractivity contribution in [3.8, 4) is 0 Å². The summed E-state index contributed by atoms with van der Waals surface area (Å²) in [6.45, 7) is 5.59. The lowest BCUT2D eigenvalue weighted by atomic mass is 10.00. The number of carbonyl (C=O) groups is 1. The summed E-state index contributed by atoms with van der Waals surface area (Å²) in [6.07, 6.45) is 0. The third kappa shape index (κ3) is 2.88. The Labute approximate surface area is 97.8 Å². The summed E-state index contributed by atoms with van der Waals surface area (Å²) in [5, 5.41) is 0. The second-order valence-electron chi connectivity index (χ2n) is 3.97. The Morgan fingerprint density at radius 3 is 2.47 bits per heavy atom. The fourth-order valence-electron chi connectivity index (χ4n) is 1.26. The van der Waals surface area contributed by atoms with Crippen molar-refractivity contribution in [1.82, 2.24) is 0 Å². The monoisotopic (exact) mass is 272 g/mol. The number of halogens is 2. The van der Waals surface area contributed by atoms with Gasteiger partial charge in [0.05, 0.1) is 4.83 Å². The second kappa shape index (κ2) is 4.88. The van der Waals surface area contributed by atoms with Gasteiger partial charge in [-0.2, -0.15) is 0 Å². The summed E-state index contributed by atoms with van der Waals surface area (Å²) < 4.78 is 13.0. The molecule has 0 bridgehead atoms. The number of aryl methyl sites for hydroxylation is 1. The van der Waals surface area contributed by atoms with Crippen molar-refractivity contribution in [2.45, 2.75) is 25.6 Å². The average molecular weight is 273 g/mol. The molecule has 0 aliphatic rings. The highest BCUT2D eigenvalue weighted by Crippen LogP contribution is 2.19. The molecule has 1 aromatic rings. The maximum absolute atomic E-state index is 13.0. The molecule has 0 heterocycles. The Balaban J connectivity index is 2.97. The summed E-state index contributed by atoms with van der Waals surface area (Å²) in [5.74, 6) is -0.0434. The molecule has 1 nitrogen and oxygen atoms in total. The fourth-order valence-corrected chi connectivity index (χ4v) is 1.52. The zero-order valence-electron chi connectivity index (χ0n) is 9.05. The number of carbonyl (C=O) groups excluding carboxylic acids is 1. The summed E-state index contributed by atoms with van der Waals surface area (Å²) >= 11 is 3.34. The van der Waals surface area contributed by atoms with Gasteiger partial charge in [-0.05, 0) is 36.6 Å². The Morgan fingerprint density at radius 2 is 2.00 bits per heavy atom. The average Bonchev–Trinajstić information content (AvgIpc) is 2.19. The first-order chi connectivity index (χ1) is 6.93. The molecule has 0 radical (unpaired) electrons. The lowest BCUT2D eigenvalue weighted by Crippen LogP contribution is -2.20. The van der Waals surface area contributed by atoms with Crippen LogP contribution in [0, 0.1) is 18.7 Å². The first-order valence-electron chi connectivity index (χ1n) is 4.88. The van der Waals surface area contributed by atoms with Crippen LogP contribution in [0.4, 0.5) is 4.39 Å². The number of alkyl halides is 1. The molecule has 0 aliphatic heterocycles. The number of ketones is 1. The zero-order chi connectivity index (χ0) is 11.6. The highest BCUT2D eigenvalue weighted by Gasteiger charge is 2.20. The molecule has 1 unspecified atom stereocenters. The van der Waals surface area contributed by atoms with Gasteiger partial charge in [-0.1, -0.05) is 29.8 Å². The summed E-state index contributed by atoms with van der Waals surface area (Å²) in [4.78, 5) is 11.7. The van der Waals surface area contributed by atoms with E-state index in [4.69, 9.17) is 0 Å². The van der Waals surface area contributed by atoms with Crippen LogP contribution in [-0.4, -0.2) is 10.6 Å². The number of rotatable bonds is 3. The fraction of sp³-hybridized carbons (Fsp3) is 0.417. The van der Waals surface area contributed by atoms with Gasteiger partial charge >= 0.3 is 0 Å². The van der Waals surface area contributed by atoms with Crippen molar-refractivity contribution < 1.29 is 9.18 Å². The van der Waals surface area contributed by atoms with E-state index in [2.05, 4.69) is 15.9 Å². The minimum atomic E-state index is -0.276. The van der Waals surface area contributed by atoms with Crippen LogP contribution in [0.1, 0.15) is 29.8 Å². The van der Waals surface area contributed by atoms with Crippen LogP contribution < -0.4 is 0 Å². The molecule has 0 amide bonds. The second-order valence-corrected chi connectivity index (χ2v) is 4.96. The molecule has 0 fully saturated rings. The molecule has 0 spiro atoms. The van der Waals surface area contributed by atoms with Crippen LogP contribution in [0.5, 0.6) is 0 Å². The minimum Gasteiger partial charge on any atom is -0.293 e. The molecule has 1 aromatic carbocycles. The number of Topliss-reactive ketones (excluding diaryl/α,β-unsaturated/α-hetero) is 1. The number of hydrogen-bond acceptors (Lipinski definition) is 1. The topological polar surface area (TPSA) is 17.1 Å². The van der Waals surface area contributed by atoms with Gasteiger partial charge in [-0.3, -0.25) is 4.79 Å². The molecule has 0 saturated carbocycles. The molecular formula is C12H14BrFO. The maximum atomic E-state index is 13.0. The summed E-state index contributed by atoms with van der Waals surface area (Å²) in [5.41, 5.74) is 1.06. The van der Waals surface area contributed by atoms with Gasteiger partial charge in [0, 0.05) is 5.56 Å². The molecule has 3 heteroatoms. The first kappa shape index (κ1) is 12.4. The van der Waals surface area contributed by atoms with Crippen molar-refractivity contribution in [2.24, 2.45) is 5.92 Å². The Bertz CT molecular complexity index is 374. The SMILES string of the molecule is Cc1cc(C(=O)C(Br)C(C)C)ccc1F.